The molecule has 3 unspecified atom stereocenters. The SMILES string of the molecule is CC(c1ccccc1)N(C)C(=O)CC1CCCCC1N. The molecule has 3 atom stereocenters. The van der Waals surface area contributed by atoms with Crippen LogP contribution in [0.1, 0.15) is 50.6 Å². The monoisotopic (exact) mass is 274 g/mol. The summed E-state index contributed by atoms with van der Waals surface area (Å²) in [4.78, 5) is 14.3. The lowest BCUT2D eigenvalue weighted by Crippen LogP contribution is -2.38. The average molecular weight is 274 g/mol. The van der Waals surface area contributed by atoms with Crippen molar-refractivity contribution in [1.82, 2.24) is 4.90 Å². The minimum atomic E-state index is 0.114. The van der Waals surface area contributed by atoms with Gasteiger partial charge in [-0.25, -0.2) is 0 Å². The van der Waals surface area contributed by atoms with Crippen LogP contribution < -0.4 is 5.73 Å². The van der Waals surface area contributed by atoms with Gasteiger partial charge in [0, 0.05) is 19.5 Å². The minimum absolute atomic E-state index is 0.114. The number of nitrogens with two attached hydrogens (primary N) is 1. The molecule has 110 valence electrons. The number of hydrogen-bond acceptors (Lipinski definition) is 2. The highest BCUT2D eigenvalue weighted by atomic mass is 16.2. The van der Waals surface area contributed by atoms with E-state index in [1.54, 1.807) is 0 Å². The Morgan fingerprint density at radius 2 is 1.95 bits per heavy atom. The summed E-state index contributed by atoms with van der Waals surface area (Å²) in [6, 6.07) is 10.5. The molecule has 3 nitrogen and oxygen atoms in total. The van der Waals surface area contributed by atoms with Crippen molar-refractivity contribution in [2.75, 3.05) is 7.05 Å². The smallest absolute Gasteiger partial charge is 0.223 e. The highest BCUT2D eigenvalue weighted by molar-refractivity contribution is 5.76. The first-order valence-corrected chi connectivity index (χ1v) is 7.65. The zero-order valence-corrected chi connectivity index (χ0v) is 12.6. The topological polar surface area (TPSA) is 46.3 Å². The molecule has 1 aliphatic rings. The summed E-state index contributed by atoms with van der Waals surface area (Å²) in [6.07, 6.45) is 5.18. The molecule has 0 radical (unpaired) electrons. The Kier molecular flexibility index (Phi) is 5.18. The fraction of sp³-hybridized carbons (Fsp3) is 0.588. The van der Waals surface area contributed by atoms with Gasteiger partial charge >= 0.3 is 0 Å². The second kappa shape index (κ2) is 6.89. The van der Waals surface area contributed by atoms with Gasteiger partial charge in [0.05, 0.1) is 6.04 Å². The molecule has 1 aliphatic carbocycles. The standard InChI is InChI=1S/C17H26N2O/c1-13(14-8-4-3-5-9-14)19(2)17(20)12-15-10-6-7-11-16(15)18/h3-5,8-9,13,15-16H,6-7,10-12,18H2,1-2H3. The van der Waals surface area contributed by atoms with Crippen LogP contribution in [0, 0.1) is 5.92 Å². The van der Waals surface area contributed by atoms with Crippen molar-refractivity contribution in [1.29, 1.82) is 0 Å². The number of carbonyl (C=O) groups is 1. The van der Waals surface area contributed by atoms with Crippen molar-refractivity contribution in [3.63, 3.8) is 0 Å². The third-order valence-corrected chi connectivity index (χ3v) is 4.66. The molecule has 0 spiro atoms. The van der Waals surface area contributed by atoms with Gasteiger partial charge < -0.3 is 10.6 Å². The van der Waals surface area contributed by atoms with Crippen LogP contribution in [0.3, 0.4) is 0 Å². The molecule has 0 heterocycles. The largest absolute Gasteiger partial charge is 0.339 e. The lowest BCUT2D eigenvalue weighted by Gasteiger charge is -2.31. The van der Waals surface area contributed by atoms with Gasteiger partial charge in [-0.1, -0.05) is 43.2 Å². The molecule has 0 aliphatic heterocycles. The quantitative estimate of drug-likeness (QED) is 0.917. The van der Waals surface area contributed by atoms with Crippen molar-refractivity contribution in [3.8, 4) is 0 Å². The number of carbonyl (C=O) groups excluding carboxylic acids is 1. The Morgan fingerprint density at radius 3 is 2.60 bits per heavy atom. The summed E-state index contributed by atoms with van der Waals surface area (Å²) in [6.45, 7) is 2.08. The number of hydrogen-bond donors (Lipinski definition) is 1. The fourth-order valence-electron chi connectivity index (χ4n) is 3.03. The maximum atomic E-state index is 12.4. The van der Waals surface area contributed by atoms with E-state index in [4.69, 9.17) is 5.73 Å². The Labute approximate surface area is 122 Å². The van der Waals surface area contributed by atoms with E-state index in [1.807, 2.05) is 30.1 Å². The summed E-state index contributed by atoms with van der Waals surface area (Å²) < 4.78 is 0. The molecule has 2 rings (SSSR count). The van der Waals surface area contributed by atoms with E-state index >= 15 is 0 Å². The molecule has 0 saturated heterocycles. The van der Waals surface area contributed by atoms with Gasteiger partial charge in [-0.2, -0.15) is 0 Å². The van der Waals surface area contributed by atoms with E-state index in [2.05, 4.69) is 19.1 Å². The molecule has 1 fully saturated rings. The van der Waals surface area contributed by atoms with Crippen LogP contribution in [0.15, 0.2) is 30.3 Å². The Balaban J connectivity index is 1.94. The average Bonchev–Trinajstić information content (AvgIpc) is 2.49. The first-order valence-electron chi connectivity index (χ1n) is 7.65. The normalized spacial score (nSPS) is 24.1. The molecule has 0 bridgehead atoms. The molecule has 20 heavy (non-hydrogen) atoms. The lowest BCUT2D eigenvalue weighted by molar-refractivity contribution is -0.133. The lowest BCUT2D eigenvalue weighted by atomic mass is 9.82. The first-order chi connectivity index (χ1) is 9.59. The Bertz CT molecular complexity index is 432. The molecule has 3 heteroatoms. The molecular weight excluding hydrogens is 248 g/mol. The summed E-state index contributed by atoms with van der Waals surface area (Å²) in [5.74, 6) is 0.574. The molecule has 2 N–H and O–H groups in total. The molecule has 1 amide bonds. The number of amides is 1. The van der Waals surface area contributed by atoms with E-state index < -0.39 is 0 Å². The van der Waals surface area contributed by atoms with Crippen LogP contribution in [-0.2, 0) is 4.79 Å². The summed E-state index contributed by atoms with van der Waals surface area (Å²) in [5, 5.41) is 0. The van der Waals surface area contributed by atoms with E-state index in [0.717, 1.165) is 12.8 Å². The zero-order valence-electron chi connectivity index (χ0n) is 12.6. The second-order valence-electron chi connectivity index (χ2n) is 6.00. The van der Waals surface area contributed by atoms with Crippen molar-refractivity contribution in [2.45, 2.75) is 51.1 Å². The summed E-state index contributed by atoms with van der Waals surface area (Å²) in [7, 11) is 1.90. The zero-order chi connectivity index (χ0) is 14.5. The van der Waals surface area contributed by atoms with E-state index in [-0.39, 0.29) is 18.0 Å². The van der Waals surface area contributed by atoms with Gasteiger partial charge in [0.15, 0.2) is 0 Å². The van der Waals surface area contributed by atoms with Crippen LogP contribution in [0.4, 0.5) is 0 Å². The maximum Gasteiger partial charge on any atom is 0.223 e. The van der Waals surface area contributed by atoms with Crippen LogP contribution >= 0.6 is 0 Å². The Morgan fingerprint density at radius 1 is 1.30 bits per heavy atom. The molecular formula is C17H26N2O. The molecule has 1 aromatic rings. The highest BCUT2D eigenvalue weighted by Gasteiger charge is 2.26. The summed E-state index contributed by atoms with van der Waals surface area (Å²) >= 11 is 0. The van der Waals surface area contributed by atoms with E-state index in [9.17, 15) is 4.79 Å². The maximum absolute atomic E-state index is 12.4. The predicted molar refractivity (Wildman–Crippen MR) is 82.2 cm³/mol. The van der Waals surface area contributed by atoms with Crippen LogP contribution in [0.25, 0.3) is 0 Å². The summed E-state index contributed by atoms with van der Waals surface area (Å²) in [5.41, 5.74) is 7.32. The van der Waals surface area contributed by atoms with Gasteiger partial charge in [0.25, 0.3) is 0 Å². The third-order valence-electron chi connectivity index (χ3n) is 4.66. The first kappa shape index (κ1) is 15.0. The van der Waals surface area contributed by atoms with Gasteiger partial charge in [-0.3, -0.25) is 4.79 Å². The second-order valence-corrected chi connectivity index (χ2v) is 6.00. The number of benzene rings is 1. The highest BCUT2D eigenvalue weighted by Crippen LogP contribution is 2.27. The van der Waals surface area contributed by atoms with Crippen LogP contribution in [0.2, 0.25) is 0 Å². The van der Waals surface area contributed by atoms with Crippen molar-refractivity contribution in [2.24, 2.45) is 11.7 Å². The Hall–Kier alpha value is -1.35. The van der Waals surface area contributed by atoms with Crippen LogP contribution in [0.5, 0.6) is 0 Å². The van der Waals surface area contributed by atoms with Crippen molar-refractivity contribution >= 4 is 5.91 Å². The van der Waals surface area contributed by atoms with Gasteiger partial charge in [0.2, 0.25) is 5.91 Å². The van der Waals surface area contributed by atoms with Crippen LogP contribution in [-0.4, -0.2) is 23.9 Å². The van der Waals surface area contributed by atoms with Gasteiger partial charge in [0.1, 0.15) is 0 Å². The minimum Gasteiger partial charge on any atom is -0.339 e. The third kappa shape index (κ3) is 3.60. The number of nitrogens with zero attached hydrogens (tertiary/aromatic N) is 1. The van der Waals surface area contributed by atoms with E-state index in [0.29, 0.717) is 12.3 Å². The van der Waals surface area contributed by atoms with Gasteiger partial charge in [-0.05, 0) is 31.2 Å². The molecule has 1 aromatic carbocycles. The van der Waals surface area contributed by atoms with Gasteiger partial charge in [-0.15, -0.1) is 0 Å². The van der Waals surface area contributed by atoms with E-state index in [1.165, 1.54) is 18.4 Å². The predicted octanol–water partition coefficient (Wildman–Crippen LogP) is 3.11. The van der Waals surface area contributed by atoms with Crippen molar-refractivity contribution in [3.05, 3.63) is 35.9 Å². The molecule has 0 aromatic heterocycles. The fourth-order valence-corrected chi connectivity index (χ4v) is 3.03. The molecule has 1 saturated carbocycles. The van der Waals surface area contributed by atoms with Crippen molar-refractivity contribution < 1.29 is 4.79 Å². The number of rotatable bonds is 4.